The second-order valence-corrected chi connectivity index (χ2v) is 6.28. The third-order valence-corrected chi connectivity index (χ3v) is 4.78. The molecule has 0 aliphatic rings. The van der Waals surface area contributed by atoms with Gasteiger partial charge in [-0.3, -0.25) is 0 Å². The maximum atomic E-state index is 13.0. The highest BCUT2D eigenvalue weighted by Gasteiger charge is 2.19. The van der Waals surface area contributed by atoms with E-state index >= 15 is 0 Å². The predicted octanol–water partition coefficient (Wildman–Crippen LogP) is 4.66. The van der Waals surface area contributed by atoms with Crippen LogP contribution in [0.5, 0.6) is 0 Å². The van der Waals surface area contributed by atoms with Crippen LogP contribution in [-0.2, 0) is 0 Å². The Labute approximate surface area is 118 Å². The normalized spacial score (nSPS) is 12.8. The lowest BCUT2D eigenvalue weighted by molar-refractivity contribution is 0.222. The van der Waals surface area contributed by atoms with E-state index < -0.39 is 23.6 Å². The van der Waals surface area contributed by atoms with Crippen molar-refractivity contribution in [1.82, 2.24) is 0 Å². The Kier molecular flexibility index (Phi) is 4.01. The van der Waals surface area contributed by atoms with E-state index in [0.717, 1.165) is 23.5 Å². The Morgan fingerprint density at radius 2 is 1.72 bits per heavy atom. The first-order valence-electron chi connectivity index (χ1n) is 4.67. The summed E-state index contributed by atoms with van der Waals surface area (Å²) < 4.78 is 39.5. The van der Waals surface area contributed by atoms with E-state index in [1.54, 1.807) is 0 Å². The van der Waals surface area contributed by atoms with Crippen LogP contribution in [0.25, 0.3) is 0 Å². The topological polar surface area (TPSA) is 20.2 Å². The van der Waals surface area contributed by atoms with Crippen molar-refractivity contribution < 1.29 is 18.3 Å². The summed E-state index contributed by atoms with van der Waals surface area (Å²) in [5.41, 5.74) is -0.0724. The number of hydrogen-bond acceptors (Lipinski definition) is 2. The molecule has 0 bridgehead atoms. The lowest BCUT2D eigenvalue weighted by Crippen LogP contribution is -2.01. The predicted molar refractivity (Wildman–Crippen MR) is 67.4 cm³/mol. The van der Waals surface area contributed by atoms with E-state index in [1.807, 2.05) is 0 Å². The van der Waals surface area contributed by atoms with Gasteiger partial charge in [0.05, 0.1) is 8.81 Å². The average Bonchev–Trinajstić information content (AvgIpc) is 2.65. The first-order chi connectivity index (χ1) is 8.40. The lowest BCUT2D eigenvalue weighted by Gasteiger charge is -2.09. The maximum absolute atomic E-state index is 13.0. The van der Waals surface area contributed by atoms with Gasteiger partial charge in [-0.25, -0.2) is 13.2 Å². The van der Waals surface area contributed by atoms with Crippen LogP contribution in [0.1, 0.15) is 16.5 Å². The largest absolute Gasteiger partial charge is 0.383 e. The van der Waals surface area contributed by atoms with Gasteiger partial charge in [0.25, 0.3) is 0 Å². The van der Waals surface area contributed by atoms with Gasteiger partial charge in [0, 0.05) is 4.88 Å². The van der Waals surface area contributed by atoms with Crippen molar-refractivity contribution >= 4 is 38.9 Å². The Bertz CT molecular complexity index is 559. The Morgan fingerprint density at radius 1 is 1.17 bits per heavy atom. The summed E-state index contributed by atoms with van der Waals surface area (Å²) in [6.07, 6.45) is -1.26. The van der Waals surface area contributed by atoms with E-state index in [0.29, 0.717) is 13.7 Å². The van der Waals surface area contributed by atoms with Crippen molar-refractivity contribution in [1.29, 1.82) is 0 Å². The summed E-state index contributed by atoms with van der Waals surface area (Å²) in [5, 5.41) is 10.3. The molecule has 1 unspecified atom stereocenters. The summed E-state index contributed by atoms with van der Waals surface area (Å²) in [5.74, 6) is -4.24. The molecule has 1 aromatic heterocycles. The first kappa shape index (κ1) is 13.9. The molecule has 0 aliphatic heterocycles. The SMILES string of the molecule is OC(c1cc(F)c(F)c(F)c1)c1cc(Cl)c(Br)s1. The van der Waals surface area contributed by atoms with Crippen molar-refractivity contribution in [3.63, 3.8) is 0 Å². The summed E-state index contributed by atoms with van der Waals surface area (Å²) in [4.78, 5) is 0.400. The summed E-state index contributed by atoms with van der Waals surface area (Å²) in [7, 11) is 0. The van der Waals surface area contributed by atoms with Gasteiger partial charge in [-0.1, -0.05) is 11.6 Å². The fraction of sp³-hybridized carbons (Fsp3) is 0.0909. The smallest absolute Gasteiger partial charge is 0.194 e. The highest BCUT2D eigenvalue weighted by molar-refractivity contribution is 9.11. The van der Waals surface area contributed by atoms with E-state index in [-0.39, 0.29) is 5.56 Å². The molecule has 0 amide bonds. The molecule has 18 heavy (non-hydrogen) atoms. The van der Waals surface area contributed by atoms with Gasteiger partial charge in [0.2, 0.25) is 0 Å². The molecule has 96 valence electrons. The molecule has 2 aromatic rings. The molecule has 1 heterocycles. The molecule has 0 saturated carbocycles. The van der Waals surface area contributed by atoms with E-state index in [4.69, 9.17) is 11.6 Å². The highest BCUT2D eigenvalue weighted by Crippen LogP contribution is 2.37. The van der Waals surface area contributed by atoms with Crippen molar-refractivity contribution in [3.05, 3.63) is 54.9 Å². The Balaban J connectivity index is 2.42. The third-order valence-electron chi connectivity index (χ3n) is 2.26. The quantitative estimate of drug-likeness (QED) is 0.775. The molecule has 7 heteroatoms. The number of thiophene rings is 1. The van der Waals surface area contributed by atoms with Crippen molar-refractivity contribution in [2.75, 3.05) is 0 Å². The zero-order valence-electron chi connectivity index (χ0n) is 8.55. The van der Waals surface area contributed by atoms with Crippen LogP contribution in [0.15, 0.2) is 22.0 Å². The van der Waals surface area contributed by atoms with Crippen molar-refractivity contribution in [3.8, 4) is 0 Å². The van der Waals surface area contributed by atoms with Crippen LogP contribution in [0.2, 0.25) is 5.02 Å². The molecule has 0 fully saturated rings. The fourth-order valence-electron chi connectivity index (χ4n) is 1.40. The molecule has 1 N–H and O–H groups in total. The first-order valence-corrected chi connectivity index (χ1v) is 6.66. The zero-order valence-corrected chi connectivity index (χ0v) is 11.7. The zero-order chi connectivity index (χ0) is 13.4. The standard InChI is InChI=1S/C11H5BrClF3OS/c12-11-5(13)3-8(18-11)10(17)4-1-6(14)9(16)7(15)2-4/h1-3,10,17H. The average molecular weight is 358 g/mol. The number of hydrogen-bond donors (Lipinski definition) is 1. The number of rotatable bonds is 2. The summed E-state index contributed by atoms with van der Waals surface area (Å²) >= 11 is 10.1. The Morgan fingerprint density at radius 3 is 2.17 bits per heavy atom. The monoisotopic (exact) mass is 356 g/mol. The fourth-order valence-corrected chi connectivity index (χ4v) is 3.16. The van der Waals surface area contributed by atoms with Gasteiger partial charge < -0.3 is 5.11 Å². The second kappa shape index (κ2) is 5.21. The molecule has 0 radical (unpaired) electrons. The molecule has 1 aromatic carbocycles. The minimum atomic E-state index is -1.56. The van der Waals surface area contributed by atoms with Gasteiger partial charge in [-0.2, -0.15) is 0 Å². The van der Waals surface area contributed by atoms with Gasteiger partial charge in [-0.05, 0) is 39.7 Å². The summed E-state index contributed by atoms with van der Waals surface area (Å²) in [6, 6.07) is 2.98. The van der Waals surface area contributed by atoms with Crippen LogP contribution < -0.4 is 0 Å². The molecular weight excluding hydrogens is 353 g/mol. The van der Waals surface area contributed by atoms with Gasteiger partial charge in [-0.15, -0.1) is 11.3 Å². The minimum Gasteiger partial charge on any atom is -0.383 e. The van der Waals surface area contributed by atoms with Crippen molar-refractivity contribution in [2.24, 2.45) is 0 Å². The molecule has 0 saturated heterocycles. The molecule has 1 nitrogen and oxygen atoms in total. The highest BCUT2D eigenvalue weighted by atomic mass is 79.9. The van der Waals surface area contributed by atoms with Crippen LogP contribution in [0.3, 0.4) is 0 Å². The van der Waals surface area contributed by atoms with Crippen LogP contribution in [0.4, 0.5) is 13.2 Å². The molecule has 2 rings (SSSR count). The van der Waals surface area contributed by atoms with E-state index in [9.17, 15) is 18.3 Å². The van der Waals surface area contributed by atoms with Gasteiger partial charge in [0.15, 0.2) is 17.5 Å². The van der Waals surface area contributed by atoms with E-state index in [1.165, 1.54) is 6.07 Å². The number of aliphatic hydroxyl groups is 1. The molecular formula is C11H5BrClF3OS. The third kappa shape index (κ3) is 2.56. The van der Waals surface area contributed by atoms with Crippen LogP contribution in [-0.4, -0.2) is 5.11 Å². The molecule has 0 aliphatic carbocycles. The molecule has 0 spiro atoms. The minimum absolute atomic E-state index is 0.0724. The van der Waals surface area contributed by atoms with Crippen LogP contribution in [0, 0.1) is 17.5 Å². The molecule has 1 atom stereocenters. The van der Waals surface area contributed by atoms with Crippen molar-refractivity contribution in [2.45, 2.75) is 6.10 Å². The second-order valence-electron chi connectivity index (χ2n) is 3.47. The number of halogens is 5. The summed E-state index contributed by atoms with van der Waals surface area (Å²) in [6.45, 7) is 0. The van der Waals surface area contributed by atoms with Crippen LogP contribution >= 0.6 is 38.9 Å². The van der Waals surface area contributed by atoms with Gasteiger partial charge >= 0.3 is 0 Å². The Hall–Kier alpha value is -0.560. The van der Waals surface area contributed by atoms with Gasteiger partial charge in [0.1, 0.15) is 6.10 Å². The van der Waals surface area contributed by atoms with E-state index in [2.05, 4.69) is 15.9 Å². The maximum Gasteiger partial charge on any atom is 0.194 e. The number of aliphatic hydroxyl groups excluding tert-OH is 1. The number of benzene rings is 1. The lowest BCUT2D eigenvalue weighted by atomic mass is 10.1.